The Bertz CT molecular complexity index is 401. The van der Waals surface area contributed by atoms with Crippen LogP contribution in [0, 0.1) is 6.92 Å². The van der Waals surface area contributed by atoms with E-state index in [4.69, 9.17) is 4.74 Å². The minimum atomic E-state index is 0.456. The molecular weight excluding hydrogens is 256 g/mol. The lowest BCUT2D eigenvalue weighted by atomic mass is 10.2. The van der Waals surface area contributed by atoms with E-state index in [2.05, 4.69) is 37.2 Å². The molecule has 1 aliphatic rings. The summed E-state index contributed by atoms with van der Waals surface area (Å²) in [6, 6.07) is 3.61. The van der Waals surface area contributed by atoms with Gasteiger partial charge in [-0.1, -0.05) is 0 Å². The molecule has 108 valence electrons. The quantitative estimate of drug-likeness (QED) is 0.793. The normalized spacial score (nSPS) is 17.1. The third-order valence-electron chi connectivity index (χ3n) is 3.79. The minimum absolute atomic E-state index is 0.456. The number of thiophene rings is 1. The maximum atomic E-state index is 5.22. The minimum Gasteiger partial charge on any atom is -0.383 e. The zero-order chi connectivity index (χ0) is 13.8. The number of ether oxygens (including phenoxy) is 1. The Morgan fingerprint density at radius 2 is 2.26 bits per heavy atom. The predicted molar refractivity (Wildman–Crippen MR) is 81.7 cm³/mol. The summed E-state index contributed by atoms with van der Waals surface area (Å²) >= 11 is 1.93. The Hall–Kier alpha value is -0.420. The van der Waals surface area contributed by atoms with Gasteiger partial charge in [-0.05, 0) is 45.4 Å². The van der Waals surface area contributed by atoms with Gasteiger partial charge in [-0.2, -0.15) is 0 Å². The summed E-state index contributed by atoms with van der Waals surface area (Å²) in [4.78, 5) is 5.27. The number of nitrogens with one attached hydrogen (secondary N) is 1. The Morgan fingerprint density at radius 1 is 1.53 bits per heavy atom. The lowest BCUT2D eigenvalue weighted by molar-refractivity contribution is 0.112. The van der Waals surface area contributed by atoms with Crippen molar-refractivity contribution < 1.29 is 4.74 Å². The van der Waals surface area contributed by atoms with Crippen molar-refractivity contribution >= 4 is 11.3 Å². The van der Waals surface area contributed by atoms with Gasteiger partial charge in [0.2, 0.25) is 0 Å². The summed E-state index contributed by atoms with van der Waals surface area (Å²) < 4.78 is 5.22. The maximum Gasteiger partial charge on any atom is 0.0615 e. The molecule has 0 aliphatic heterocycles. The van der Waals surface area contributed by atoms with Gasteiger partial charge in [-0.3, -0.25) is 4.90 Å². The molecule has 0 amide bonds. The van der Waals surface area contributed by atoms with Crippen LogP contribution in [0.5, 0.6) is 0 Å². The lowest BCUT2D eigenvalue weighted by Crippen LogP contribution is -2.32. The van der Waals surface area contributed by atoms with Crippen molar-refractivity contribution in [2.24, 2.45) is 0 Å². The highest BCUT2D eigenvalue weighted by molar-refractivity contribution is 7.12. The van der Waals surface area contributed by atoms with Crippen molar-refractivity contribution in [3.63, 3.8) is 0 Å². The summed E-state index contributed by atoms with van der Waals surface area (Å²) in [5, 5.41) is 3.59. The SMILES string of the molecule is COCC(C)N(C)Cc1cc(CNC2CC2)sc1C. The van der Waals surface area contributed by atoms with Gasteiger partial charge in [0.15, 0.2) is 0 Å². The molecular formula is C15H26N2OS. The van der Waals surface area contributed by atoms with Gasteiger partial charge in [0.1, 0.15) is 0 Å². The Morgan fingerprint density at radius 3 is 2.89 bits per heavy atom. The van der Waals surface area contributed by atoms with Gasteiger partial charge < -0.3 is 10.1 Å². The summed E-state index contributed by atoms with van der Waals surface area (Å²) in [6.07, 6.45) is 2.71. The summed E-state index contributed by atoms with van der Waals surface area (Å²) in [5.74, 6) is 0. The first-order valence-electron chi connectivity index (χ1n) is 7.11. The van der Waals surface area contributed by atoms with E-state index >= 15 is 0 Å². The molecule has 1 heterocycles. The fourth-order valence-corrected chi connectivity index (χ4v) is 3.16. The fourth-order valence-electron chi connectivity index (χ4n) is 2.16. The molecule has 1 aliphatic carbocycles. The van der Waals surface area contributed by atoms with Gasteiger partial charge in [-0.25, -0.2) is 0 Å². The van der Waals surface area contributed by atoms with Crippen molar-refractivity contribution in [3.8, 4) is 0 Å². The number of hydrogen-bond donors (Lipinski definition) is 1. The molecule has 0 saturated heterocycles. The van der Waals surface area contributed by atoms with E-state index < -0.39 is 0 Å². The Kier molecular flexibility index (Phi) is 5.39. The highest BCUT2D eigenvalue weighted by atomic mass is 32.1. The van der Waals surface area contributed by atoms with Gasteiger partial charge in [0.25, 0.3) is 0 Å². The van der Waals surface area contributed by atoms with E-state index in [1.807, 2.05) is 11.3 Å². The molecule has 1 atom stereocenters. The molecule has 0 bridgehead atoms. The van der Waals surface area contributed by atoms with Crippen LogP contribution in [0.4, 0.5) is 0 Å². The molecule has 1 aromatic rings. The third-order valence-corrected chi connectivity index (χ3v) is 4.89. The first-order valence-corrected chi connectivity index (χ1v) is 7.92. The van der Waals surface area contributed by atoms with Gasteiger partial charge >= 0.3 is 0 Å². The molecule has 1 saturated carbocycles. The number of nitrogens with zero attached hydrogens (tertiary/aromatic N) is 1. The molecule has 1 unspecified atom stereocenters. The van der Waals surface area contributed by atoms with Crippen LogP contribution in [0.2, 0.25) is 0 Å². The van der Waals surface area contributed by atoms with Crippen LogP contribution < -0.4 is 5.32 Å². The molecule has 0 aromatic carbocycles. The van der Waals surface area contributed by atoms with Crippen LogP contribution in [0.25, 0.3) is 0 Å². The van der Waals surface area contributed by atoms with Crippen molar-refractivity contribution in [3.05, 3.63) is 21.4 Å². The van der Waals surface area contributed by atoms with Gasteiger partial charge in [-0.15, -0.1) is 11.3 Å². The zero-order valence-corrected chi connectivity index (χ0v) is 13.3. The molecule has 1 aromatic heterocycles. The number of rotatable bonds is 8. The molecule has 0 spiro atoms. The van der Waals surface area contributed by atoms with E-state index in [1.54, 1.807) is 7.11 Å². The highest BCUT2D eigenvalue weighted by Gasteiger charge is 2.20. The number of methoxy groups -OCH3 is 1. The van der Waals surface area contributed by atoms with E-state index in [1.165, 1.54) is 28.2 Å². The summed E-state index contributed by atoms with van der Waals surface area (Å²) in [5.41, 5.74) is 1.46. The van der Waals surface area contributed by atoms with Crippen molar-refractivity contribution in [2.75, 3.05) is 20.8 Å². The molecule has 4 heteroatoms. The Balaban J connectivity index is 1.87. The molecule has 2 rings (SSSR count). The Labute approximate surface area is 121 Å². The molecule has 1 fully saturated rings. The maximum absolute atomic E-state index is 5.22. The average molecular weight is 282 g/mol. The van der Waals surface area contributed by atoms with Crippen LogP contribution >= 0.6 is 11.3 Å². The summed E-state index contributed by atoms with van der Waals surface area (Å²) in [7, 11) is 3.94. The smallest absolute Gasteiger partial charge is 0.0615 e. The average Bonchev–Trinajstić information content (AvgIpc) is 3.13. The molecule has 0 radical (unpaired) electrons. The zero-order valence-electron chi connectivity index (χ0n) is 12.5. The first-order chi connectivity index (χ1) is 9.10. The van der Waals surface area contributed by atoms with Crippen LogP contribution in [-0.2, 0) is 17.8 Å². The summed E-state index contributed by atoms with van der Waals surface area (Å²) in [6.45, 7) is 7.27. The monoisotopic (exact) mass is 282 g/mol. The largest absolute Gasteiger partial charge is 0.383 e. The van der Waals surface area contributed by atoms with Crippen LogP contribution in [0.1, 0.15) is 35.1 Å². The lowest BCUT2D eigenvalue weighted by Gasteiger charge is -2.23. The van der Waals surface area contributed by atoms with Crippen molar-refractivity contribution in [1.29, 1.82) is 0 Å². The standard InChI is InChI=1S/C15H26N2OS/c1-11(10-18-4)17(3)9-13-7-15(19-12(13)2)8-16-14-5-6-14/h7,11,14,16H,5-6,8-10H2,1-4H3. The van der Waals surface area contributed by atoms with E-state index in [0.717, 1.165) is 25.7 Å². The number of aryl methyl sites for hydroxylation is 1. The van der Waals surface area contributed by atoms with Gasteiger partial charge in [0, 0.05) is 42.0 Å². The van der Waals surface area contributed by atoms with Crippen molar-refractivity contribution in [2.45, 2.75) is 51.9 Å². The number of likely N-dealkylation sites (N-methyl/N-ethyl adjacent to an activating group) is 1. The van der Waals surface area contributed by atoms with Crippen LogP contribution in [0.3, 0.4) is 0 Å². The molecule has 1 N–H and O–H groups in total. The van der Waals surface area contributed by atoms with Crippen molar-refractivity contribution in [1.82, 2.24) is 10.2 Å². The van der Waals surface area contributed by atoms with Crippen LogP contribution in [-0.4, -0.2) is 37.7 Å². The van der Waals surface area contributed by atoms with E-state index in [0.29, 0.717) is 6.04 Å². The topological polar surface area (TPSA) is 24.5 Å². The third kappa shape index (κ3) is 4.56. The second-order valence-corrected chi connectivity index (χ2v) is 7.01. The second-order valence-electron chi connectivity index (χ2n) is 5.67. The molecule has 19 heavy (non-hydrogen) atoms. The van der Waals surface area contributed by atoms with E-state index in [9.17, 15) is 0 Å². The van der Waals surface area contributed by atoms with Crippen LogP contribution in [0.15, 0.2) is 6.07 Å². The molecule has 3 nitrogen and oxygen atoms in total. The predicted octanol–water partition coefficient (Wildman–Crippen LogP) is 2.78. The van der Waals surface area contributed by atoms with E-state index in [-0.39, 0.29) is 0 Å². The fraction of sp³-hybridized carbons (Fsp3) is 0.733. The second kappa shape index (κ2) is 6.84. The number of hydrogen-bond acceptors (Lipinski definition) is 4. The van der Waals surface area contributed by atoms with Gasteiger partial charge in [0.05, 0.1) is 6.61 Å². The highest BCUT2D eigenvalue weighted by Crippen LogP contribution is 2.25. The first kappa shape index (κ1) is 15.0.